The van der Waals surface area contributed by atoms with E-state index in [0.29, 0.717) is 23.7 Å². The molecule has 7 rings (SSSR count). The maximum atomic E-state index is 5.35. The Morgan fingerprint density at radius 2 is 0.745 bits per heavy atom. The Labute approximate surface area is 339 Å². The fraction of sp³-hybridized carbons (Fsp3) is 0.568. The summed E-state index contributed by atoms with van der Waals surface area (Å²) in [7, 11) is 0. The van der Waals surface area contributed by atoms with Gasteiger partial charge in [0.05, 0.1) is 35.2 Å². The smallest absolute Gasteiger partial charge is 1.00 e. The first-order chi connectivity index (χ1) is 23.2. The quantitative estimate of drug-likeness (QED) is 0.318. The van der Waals surface area contributed by atoms with Crippen molar-refractivity contribution in [1.82, 2.24) is 4.98 Å². The molecule has 0 amide bonds. The van der Waals surface area contributed by atoms with Crippen molar-refractivity contribution < 1.29 is 55.8 Å². The number of aromatic nitrogens is 1. The van der Waals surface area contributed by atoms with Crippen LogP contribution in [-0.2, 0) is 18.6 Å². The number of halogens is 3. The van der Waals surface area contributed by atoms with Crippen LogP contribution in [-0.4, -0.2) is 17.4 Å². The van der Waals surface area contributed by atoms with E-state index in [1.807, 2.05) is 0 Å². The van der Waals surface area contributed by atoms with E-state index < -0.39 is 0 Å². The molecule has 2 aromatic carbocycles. The van der Waals surface area contributed by atoms with Crippen molar-refractivity contribution in [3.8, 4) is 0 Å². The first-order valence-electron chi connectivity index (χ1n) is 19.6. The number of aryl methyl sites for hydroxylation is 1. The second-order valence-electron chi connectivity index (χ2n) is 15.4. The Morgan fingerprint density at radius 3 is 1.02 bits per heavy atom. The molecule has 51 heavy (non-hydrogen) atoms. The van der Waals surface area contributed by atoms with Crippen LogP contribution in [0.4, 0.5) is 11.4 Å². The number of nitrogens with zero attached hydrogens (tertiary/aromatic N) is 3. The van der Waals surface area contributed by atoms with Crippen LogP contribution >= 0.6 is 0 Å². The maximum Gasteiger partial charge on any atom is 3.00 e. The number of pyridine rings is 1. The van der Waals surface area contributed by atoms with Gasteiger partial charge in [-0.15, -0.1) is 0 Å². The molecule has 0 bridgehead atoms. The minimum Gasteiger partial charge on any atom is -1.00 e. The van der Waals surface area contributed by atoms with E-state index in [9.17, 15) is 0 Å². The van der Waals surface area contributed by atoms with Gasteiger partial charge < -0.3 is 37.2 Å². The molecule has 0 atom stereocenters. The molecular weight excluding hydrogens is 728 g/mol. The third kappa shape index (κ3) is 11.2. The van der Waals surface area contributed by atoms with Gasteiger partial charge in [0.25, 0.3) is 0 Å². The number of benzene rings is 2. The molecule has 0 saturated heterocycles. The maximum absolute atomic E-state index is 5.35. The number of aliphatic imine (C=N–C) groups is 2. The van der Waals surface area contributed by atoms with Crippen LogP contribution in [0.2, 0.25) is 0 Å². The SMILES string of the molecule is Cc1cc(C=Nc2c(C3CCCCC3)cccc2C2CCCCC2)nc(C=Nc2c(C3CCCCC3)cccc2C2CCCCC2)c1.[Cl-].[Cl-].[Cl-].[V+3]. The minimum absolute atomic E-state index is 0. The molecule has 1 aromatic heterocycles. The van der Waals surface area contributed by atoms with Gasteiger partial charge in [-0.1, -0.05) is 113 Å². The summed E-state index contributed by atoms with van der Waals surface area (Å²) in [6.07, 6.45) is 30.7. The molecule has 3 nitrogen and oxygen atoms in total. The fourth-order valence-electron chi connectivity index (χ4n) is 9.55. The zero-order chi connectivity index (χ0) is 31.8. The van der Waals surface area contributed by atoms with E-state index in [2.05, 4.69) is 67.9 Å². The summed E-state index contributed by atoms with van der Waals surface area (Å²) in [5.74, 6) is 2.54. The van der Waals surface area contributed by atoms with Gasteiger partial charge in [-0.05, 0) is 122 Å². The van der Waals surface area contributed by atoms with Crippen molar-refractivity contribution in [3.05, 3.63) is 87.7 Å². The number of hydrogen-bond donors (Lipinski definition) is 0. The second-order valence-corrected chi connectivity index (χ2v) is 15.4. The summed E-state index contributed by atoms with van der Waals surface area (Å²) >= 11 is 0. The molecule has 3 aromatic rings. The first-order valence-corrected chi connectivity index (χ1v) is 19.6. The fourth-order valence-corrected chi connectivity index (χ4v) is 9.55. The Bertz CT molecular complexity index is 1360. The van der Waals surface area contributed by atoms with E-state index in [-0.39, 0.29) is 55.8 Å². The molecule has 4 saturated carbocycles. The van der Waals surface area contributed by atoms with Crippen LogP contribution in [0.3, 0.4) is 0 Å². The summed E-state index contributed by atoms with van der Waals surface area (Å²) in [5.41, 5.74) is 11.5. The van der Waals surface area contributed by atoms with E-state index in [0.717, 1.165) is 11.4 Å². The minimum atomic E-state index is 0. The average Bonchev–Trinajstić information content (AvgIpc) is 3.14. The van der Waals surface area contributed by atoms with Gasteiger partial charge >= 0.3 is 18.6 Å². The Morgan fingerprint density at radius 1 is 0.471 bits per heavy atom. The third-order valence-corrected chi connectivity index (χ3v) is 12.0. The zero-order valence-corrected chi connectivity index (χ0v) is 34.3. The summed E-state index contributed by atoms with van der Waals surface area (Å²) < 4.78 is 0. The Balaban J connectivity index is 0.00000176. The molecule has 1 heterocycles. The molecule has 4 aliphatic carbocycles. The predicted molar refractivity (Wildman–Crippen MR) is 200 cm³/mol. The van der Waals surface area contributed by atoms with Crippen molar-refractivity contribution in [3.63, 3.8) is 0 Å². The van der Waals surface area contributed by atoms with Crippen LogP contribution in [0, 0.1) is 6.92 Å². The van der Waals surface area contributed by atoms with E-state index in [1.54, 1.807) is 0 Å². The molecule has 4 fully saturated rings. The second kappa shape index (κ2) is 21.9. The third-order valence-electron chi connectivity index (χ3n) is 12.0. The Kier molecular flexibility index (Phi) is 18.8. The summed E-state index contributed by atoms with van der Waals surface area (Å²) in [6, 6.07) is 18.5. The van der Waals surface area contributed by atoms with Crippen molar-refractivity contribution in [2.45, 2.75) is 159 Å². The predicted octanol–water partition coefficient (Wildman–Crippen LogP) is 4.09. The van der Waals surface area contributed by atoms with Crippen LogP contribution in [0.15, 0.2) is 58.5 Å². The van der Waals surface area contributed by atoms with Gasteiger partial charge in [-0.2, -0.15) is 0 Å². The number of rotatable bonds is 8. The van der Waals surface area contributed by atoms with Gasteiger partial charge in [-0.25, -0.2) is 4.98 Å². The summed E-state index contributed by atoms with van der Waals surface area (Å²) in [6.45, 7) is 2.18. The van der Waals surface area contributed by atoms with Crippen molar-refractivity contribution >= 4 is 23.8 Å². The molecule has 0 spiro atoms. The van der Waals surface area contributed by atoms with Gasteiger partial charge in [0.15, 0.2) is 0 Å². The molecule has 274 valence electrons. The molecule has 0 unspecified atom stereocenters. The number of hydrogen-bond acceptors (Lipinski definition) is 3. The largest absolute Gasteiger partial charge is 3.00 e. The van der Waals surface area contributed by atoms with Gasteiger partial charge in [0.2, 0.25) is 0 Å². The zero-order valence-electron chi connectivity index (χ0n) is 30.6. The monoisotopic (exact) mass is 783 g/mol. The van der Waals surface area contributed by atoms with E-state index in [4.69, 9.17) is 15.0 Å². The van der Waals surface area contributed by atoms with Gasteiger partial charge in [-0.3, -0.25) is 9.98 Å². The Hall–Kier alpha value is -1.62. The van der Waals surface area contributed by atoms with Gasteiger partial charge in [0, 0.05) is 0 Å². The van der Waals surface area contributed by atoms with E-state index >= 15 is 0 Å². The topological polar surface area (TPSA) is 37.6 Å². The van der Waals surface area contributed by atoms with Gasteiger partial charge in [0.1, 0.15) is 0 Å². The molecule has 4 aliphatic rings. The molecule has 7 heteroatoms. The van der Waals surface area contributed by atoms with Crippen LogP contribution < -0.4 is 37.2 Å². The normalized spacial score (nSPS) is 19.5. The van der Waals surface area contributed by atoms with Crippen molar-refractivity contribution in [2.24, 2.45) is 9.98 Å². The van der Waals surface area contributed by atoms with Crippen molar-refractivity contribution in [2.75, 3.05) is 0 Å². The van der Waals surface area contributed by atoms with Crippen molar-refractivity contribution in [1.29, 1.82) is 0 Å². The number of para-hydroxylation sites is 2. The molecular formula is C44H57Cl3N3V. The van der Waals surface area contributed by atoms with Crippen LogP contribution in [0.1, 0.15) is 191 Å². The average molecular weight is 785 g/mol. The summed E-state index contributed by atoms with van der Waals surface area (Å²) in [4.78, 5) is 15.8. The van der Waals surface area contributed by atoms with Crippen LogP contribution in [0.5, 0.6) is 0 Å². The molecule has 0 N–H and O–H groups in total. The molecule has 0 aliphatic heterocycles. The first kappa shape index (κ1) is 43.8. The standard InChI is InChI=1S/C44H57N3.3ClH.V/c1-32-28-37(30-45-43-39(33-16-6-2-7-17-33)24-14-25-40(43)34-18-8-3-9-19-34)47-38(29-32)31-46-44-41(35-20-10-4-11-21-35)26-15-27-42(44)36-22-12-5-13-23-36;;;;/h14-15,24-31,33-36H,2-13,16-23H2,1H3;3*1H;/q;;;;+3/p-3. The van der Waals surface area contributed by atoms with E-state index in [1.165, 1.54) is 168 Å². The molecule has 0 radical (unpaired) electrons. The summed E-state index contributed by atoms with van der Waals surface area (Å²) in [5, 5.41) is 0. The van der Waals surface area contributed by atoms with Crippen LogP contribution in [0.25, 0.3) is 0 Å².